The first-order valence-corrected chi connectivity index (χ1v) is 6.16. The number of hydrogen-bond acceptors (Lipinski definition) is 2. The van der Waals surface area contributed by atoms with Crippen LogP contribution in [0.15, 0.2) is 48.7 Å². The summed E-state index contributed by atoms with van der Waals surface area (Å²) in [6.07, 6.45) is 2.24. The van der Waals surface area contributed by atoms with Gasteiger partial charge in [-0.05, 0) is 30.0 Å². The van der Waals surface area contributed by atoms with Gasteiger partial charge in [0.05, 0.1) is 6.20 Å². The van der Waals surface area contributed by atoms with E-state index in [-0.39, 0.29) is 5.82 Å². The summed E-state index contributed by atoms with van der Waals surface area (Å²) in [5.74, 6) is 0.911. The number of halogens is 1. The van der Waals surface area contributed by atoms with Gasteiger partial charge >= 0.3 is 0 Å². The number of nitrogens with one attached hydrogen (secondary N) is 1. The van der Waals surface area contributed by atoms with Crippen LogP contribution < -0.4 is 5.32 Å². The van der Waals surface area contributed by atoms with Crippen molar-refractivity contribution in [1.29, 1.82) is 0 Å². The zero-order valence-corrected chi connectivity index (χ0v) is 10.4. The Morgan fingerprint density at radius 2 is 1.94 bits per heavy atom. The van der Waals surface area contributed by atoms with Crippen LogP contribution in [-0.2, 0) is 0 Å². The fraction of sp³-hybridized carbons (Fsp3) is 0.267. The molecule has 2 rings (SSSR count). The lowest BCUT2D eigenvalue weighted by Crippen LogP contribution is -2.07. The van der Waals surface area contributed by atoms with E-state index in [2.05, 4.69) is 41.5 Å². The van der Waals surface area contributed by atoms with Crippen molar-refractivity contribution in [3.63, 3.8) is 0 Å². The van der Waals surface area contributed by atoms with Gasteiger partial charge in [0.15, 0.2) is 0 Å². The smallest absolute Gasteiger partial charge is 0.141 e. The van der Waals surface area contributed by atoms with Crippen LogP contribution in [-0.4, -0.2) is 11.5 Å². The molecule has 0 bridgehead atoms. The van der Waals surface area contributed by atoms with Crippen molar-refractivity contribution in [3.8, 4) is 0 Å². The minimum absolute atomic E-state index is 0.307. The predicted octanol–water partition coefficient (Wildman–Crippen LogP) is 3.83. The van der Waals surface area contributed by atoms with Gasteiger partial charge in [-0.1, -0.05) is 37.3 Å². The van der Waals surface area contributed by atoms with Crippen LogP contribution in [0.4, 0.5) is 10.2 Å². The van der Waals surface area contributed by atoms with Gasteiger partial charge in [-0.25, -0.2) is 9.37 Å². The lowest BCUT2D eigenvalue weighted by Gasteiger charge is -2.12. The lowest BCUT2D eigenvalue weighted by atomic mass is 9.98. The molecule has 0 saturated carbocycles. The molecule has 3 heteroatoms. The maximum absolute atomic E-state index is 12.7. The molecule has 1 unspecified atom stereocenters. The minimum atomic E-state index is -0.307. The van der Waals surface area contributed by atoms with Crippen LogP contribution in [0.2, 0.25) is 0 Å². The molecular formula is C15H17FN2. The maximum Gasteiger partial charge on any atom is 0.141 e. The number of aromatic nitrogens is 1. The van der Waals surface area contributed by atoms with E-state index in [0.717, 1.165) is 18.8 Å². The molecule has 1 aromatic heterocycles. The van der Waals surface area contributed by atoms with Gasteiger partial charge in [-0.3, -0.25) is 0 Å². The van der Waals surface area contributed by atoms with Crippen molar-refractivity contribution in [2.24, 2.45) is 0 Å². The Labute approximate surface area is 107 Å². The number of nitrogens with zero attached hydrogens (tertiary/aromatic N) is 1. The largest absolute Gasteiger partial charge is 0.370 e. The summed E-state index contributed by atoms with van der Waals surface area (Å²) < 4.78 is 12.7. The van der Waals surface area contributed by atoms with Gasteiger partial charge in [0.25, 0.3) is 0 Å². The molecule has 2 nitrogen and oxygen atoms in total. The number of rotatable bonds is 5. The Morgan fingerprint density at radius 1 is 1.17 bits per heavy atom. The van der Waals surface area contributed by atoms with Crippen LogP contribution in [0, 0.1) is 5.82 Å². The van der Waals surface area contributed by atoms with Gasteiger partial charge in [-0.2, -0.15) is 0 Å². The molecule has 0 amide bonds. The summed E-state index contributed by atoms with van der Waals surface area (Å²) in [6, 6.07) is 13.5. The van der Waals surface area contributed by atoms with E-state index in [9.17, 15) is 4.39 Å². The van der Waals surface area contributed by atoms with E-state index in [0.29, 0.717) is 5.92 Å². The zero-order chi connectivity index (χ0) is 12.8. The summed E-state index contributed by atoms with van der Waals surface area (Å²) in [6.45, 7) is 3.03. The van der Waals surface area contributed by atoms with Crippen molar-refractivity contribution in [3.05, 3.63) is 60.0 Å². The zero-order valence-electron chi connectivity index (χ0n) is 10.4. The van der Waals surface area contributed by atoms with Crippen molar-refractivity contribution in [2.75, 3.05) is 11.9 Å². The van der Waals surface area contributed by atoms with E-state index in [1.165, 1.54) is 17.8 Å². The average molecular weight is 244 g/mol. The summed E-state index contributed by atoms with van der Waals surface area (Å²) in [7, 11) is 0. The van der Waals surface area contributed by atoms with Crippen LogP contribution in [0.3, 0.4) is 0 Å². The first-order valence-electron chi connectivity index (χ1n) is 6.16. The maximum atomic E-state index is 12.7. The molecular weight excluding hydrogens is 227 g/mol. The minimum Gasteiger partial charge on any atom is -0.370 e. The Kier molecular flexibility index (Phi) is 4.29. The normalized spacial score (nSPS) is 12.1. The fourth-order valence-electron chi connectivity index (χ4n) is 1.85. The highest BCUT2D eigenvalue weighted by molar-refractivity contribution is 5.33. The van der Waals surface area contributed by atoms with Gasteiger partial charge in [0.2, 0.25) is 0 Å². The Bertz CT molecular complexity index is 468. The molecule has 0 saturated heterocycles. The van der Waals surface area contributed by atoms with Crippen molar-refractivity contribution in [1.82, 2.24) is 4.98 Å². The second-order valence-electron chi connectivity index (χ2n) is 4.39. The van der Waals surface area contributed by atoms with E-state index >= 15 is 0 Å². The van der Waals surface area contributed by atoms with E-state index < -0.39 is 0 Å². The predicted molar refractivity (Wildman–Crippen MR) is 72.2 cm³/mol. The highest BCUT2D eigenvalue weighted by atomic mass is 19.1. The molecule has 0 aliphatic heterocycles. The van der Waals surface area contributed by atoms with Gasteiger partial charge in [0, 0.05) is 6.54 Å². The summed E-state index contributed by atoms with van der Waals surface area (Å²) in [5, 5.41) is 3.19. The molecule has 18 heavy (non-hydrogen) atoms. The second kappa shape index (κ2) is 6.15. The lowest BCUT2D eigenvalue weighted by molar-refractivity contribution is 0.621. The third-order valence-corrected chi connectivity index (χ3v) is 2.98. The standard InChI is InChI=1S/C15H17FN2/c1-12(13-5-3-2-4-6-13)9-10-17-15-8-7-14(16)11-18-15/h2-8,11-12H,9-10H2,1H3,(H,17,18). The molecule has 1 heterocycles. The molecule has 94 valence electrons. The summed E-state index contributed by atoms with van der Waals surface area (Å²) >= 11 is 0. The number of anilines is 1. The molecule has 0 aliphatic rings. The van der Waals surface area contributed by atoms with Gasteiger partial charge in [-0.15, -0.1) is 0 Å². The molecule has 1 aromatic carbocycles. The first-order chi connectivity index (χ1) is 8.75. The van der Waals surface area contributed by atoms with Crippen LogP contribution in [0.25, 0.3) is 0 Å². The number of benzene rings is 1. The van der Waals surface area contributed by atoms with E-state index in [1.807, 2.05) is 6.07 Å². The molecule has 0 fully saturated rings. The van der Waals surface area contributed by atoms with E-state index in [1.54, 1.807) is 6.07 Å². The highest BCUT2D eigenvalue weighted by Crippen LogP contribution is 2.18. The quantitative estimate of drug-likeness (QED) is 0.864. The van der Waals surface area contributed by atoms with Crippen LogP contribution in [0.5, 0.6) is 0 Å². The van der Waals surface area contributed by atoms with Crippen molar-refractivity contribution >= 4 is 5.82 Å². The Hall–Kier alpha value is -1.90. The molecule has 1 atom stereocenters. The second-order valence-corrected chi connectivity index (χ2v) is 4.39. The highest BCUT2D eigenvalue weighted by Gasteiger charge is 2.04. The van der Waals surface area contributed by atoms with Gasteiger partial charge in [0.1, 0.15) is 11.6 Å². The molecule has 0 radical (unpaired) electrons. The monoisotopic (exact) mass is 244 g/mol. The SMILES string of the molecule is CC(CCNc1ccc(F)cn1)c1ccccc1. The Balaban J connectivity index is 1.80. The number of pyridine rings is 1. The Morgan fingerprint density at radius 3 is 2.61 bits per heavy atom. The van der Waals surface area contributed by atoms with Crippen LogP contribution >= 0.6 is 0 Å². The van der Waals surface area contributed by atoms with Crippen LogP contribution in [0.1, 0.15) is 24.8 Å². The van der Waals surface area contributed by atoms with Gasteiger partial charge < -0.3 is 5.32 Å². The molecule has 0 aliphatic carbocycles. The number of hydrogen-bond donors (Lipinski definition) is 1. The van der Waals surface area contributed by atoms with Crippen molar-refractivity contribution in [2.45, 2.75) is 19.3 Å². The fourth-order valence-corrected chi connectivity index (χ4v) is 1.85. The summed E-state index contributed by atoms with van der Waals surface area (Å²) in [4.78, 5) is 3.96. The van der Waals surface area contributed by atoms with Crippen molar-refractivity contribution < 1.29 is 4.39 Å². The third kappa shape index (κ3) is 3.55. The molecule has 2 aromatic rings. The van der Waals surface area contributed by atoms with E-state index in [4.69, 9.17) is 0 Å². The molecule has 0 spiro atoms. The molecule has 1 N–H and O–H groups in total. The third-order valence-electron chi connectivity index (χ3n) is 2.98. The average Bonchev–Trinajstić information content (AvgIpc) is 2.42. The first kappa shape index (κ1) is 12.6. The summed E-state index contributed by atoms with van der Waals surface area (Å²) in [5.41, 5.74) is 1.34. The topological polar surface area (TPSA) is 24.9 Å².